The molecule has 23 heteroatoms. The van der Waals surface area contributed by atoms with Crippen molar-refractivity contribution in [2.45, 2.75) is 41.5 Å². The van der Waals surface area contributed by atoms with Crippen LogP contribution in [-0.2, 0) is 55.1 Å². The molecule has 0 radical (unpaired) electrons. The first-order valence-electron chi connectivity index (χ1n) is 17.2. The Morgan fingerprint density at radius 3 is 1.19 bits per heavy atom. The number of phosphoric acid groups is 1. The van der Waals surface area contributed by atoms with Crippen molar-refractivity contribution in [3.8, 4) is 0 Å². The van der Waals surface area contributed by atoms with Crippen LogP contribution in [0.1, 0.15) is 40.2 Å². The lowest BCUT2D eigenvalue weighted by molar-refractivity contribution is -0.887. The largest absolute Gasteiger partial charge is 0.632 e. The van der Waals surface area contributed by atoms with Crippen molar-refractivity contribution in [1.82, 2.24) is 5.32 Å². The van der Waals surface area contributed by atoms with Gasteiger partial charge in [-0.3, -0.25) is 14.4 Å². The summed E-state index contributed by atoms with van der Waals surface area (Å²) >= 11 is 0. The Labute approximate surface area is 352 Å². The molecule has 1 aromatic rings. The van der Waals surface area contributed by atoms with Crippen LogP contribution in [0.15, 0.2) is 35.3 Å². The molecule has 346 valence electrons. The number of amides is 1. The molecule has 1 aliphatic heterocycles. The van der Waals surface area contributed by atoms with Gasteiger partial charge in [-0.1, -0.05) is 35.9 Å². The molecule has 19 nitrogen and oxygen atoms in total. The van der Waals surface area contributed by atoms with E-state index < -0.39 is 31.4 Å². The number of Topliss-reactive ketones (excluding diaryl/α,β-unsaturated/α-hetero) is 2. The second-order valence-corrected chi connectivity index (χ2v) is 23.5. The Kier molecular flexibility index (Phi) is 42.9. The van der Waals surface area contributed by atoms with Crippen molar-refractivity contribution in [3.63, 3.8) is 0 Å². The molecule has 1 amide bonds. The molecule has 0 saturated heterocycles. The summed E-state index contributed by atoms with van der Waals surface area (Å²) < 4.78 is 48.7. The summed E-state index contributed by atoms with van der Waals surface area (Å²) in [4.78, 5) is 66.0. The summed E-state index contributed by atoms with van der Waals surface area (Å²) in [6.07, 6.45) is 0. The molecule has 1 atom stereocenters. The van der Waals surface area contributed by atoms with Gasteiger partial charge < -0.3 is 43.1 Å². The summed E-state index contributed by atoms with van der Waals surface area (Å²) in [5.41, 5.74) is 1.91. The zero-order valence-electron chi connectivity index (χ0n) is 39.3. The molecular weight excluding hydrogens is 840 g/mol. The lowest BCUT2D eigenvalue weighted by atomic mass is 10.2. The molecule has 0 fully saturated rings. The Morgan fingerprint density at radius 2 is 1.03 bits per heavy atom. The Hall–Kier alpha value is -1.30. The van der Waals surface area contributed by atoms with Crippen LogP contribution in [-0.4, -0.2) is 164 Å². The third kappa shape index (κ3) is 66.5. The van der Waals surface area contributed by atoms with Crippen molar-refractivity contribution in [2.75, 3.05) is 132 Å². The number of nitrogens with one attached hydrogen (secondary N) is 1. The zero-order valence-corrected chi connectivity index (χ0v) is 42.8. The number of quaternary nitrogens is 2. The van der Waals surface area contributed by atoms with Gasteiger partial charge in [-0.05, 0) is 41.5 Å². The van der Waals surface area contributed by atoms with Crippen LogP contribution in [0, 0.1) is 6.92 Å². The van der Waals surface area contributed by atoms with E-state index in [0.29, 0.717) is 28.1 Å². The van der Waals surface area contributed by atoms with Crippen LogP contribution in [0.5, 0.6) is 0 Å². The monoisotopic (exact) mass is 918 g/mol. The van der Waals surface area contributed by atoms with Crippen LogP contribution >= 0.6 is 31.4 Å². The lowest BCUT2D eigenvalue weighted by Crippen LogP contribution is -2.37. The highest BCUT2D eigenvalue weighted by Gasteiger charge is 2.32. The molecule has 0 aliphatic carbocycles. The molecule has 2 rings (SSSR count). The standard InChI is InChI=1S/C7H8.C6H17NO4P.C6H17NO3P.C4H6N2O.C3H9O3P.C3H9O2P.2C3H6O/c1-7-5-3-2-4-6-7;1-7(2,3)6-11-12(8,9-4)10-5;1-7(2,3)6-10-11(5,8)9-4;1-3-4(7)6-2-5-3;1-5-7(3,4)6-2;1-5-6(2,3)4;2*1-3(2)4/h2-6H,1H3;6H2,1-5H3;6H2,1-5H3;2H2,1H3,(H,6,7);1-3H3;1-3H3;2*1-2H3/q;2*+1;;;;;. The summed E-state index contributed by atoms with van der Waals surface area (Å²) in [5, 5.41) is 2.53. The van der Waals surface area contributed by atoms with Crippen LogP contribution in [0.2, 0.25) is 0 Å². The minimum atomic E-state index is -3.29. The van der Waals surface area contributed by atoms with Crippen LogP contribution in [0.3, 0.4) is 0 Å². The number of carbonyl (C=O) groups is 3. The maximum Gasteiger partial charge on any atom is 0.386 e. The quantitative estimate of drug-likeness (QED) is 0.177. The second kappa shape index (κ2) is 36.4. The van der Waals surface area contributed by atoms with Gasteiger partial charge in [-0.25, -0.2) is 13.6 Å². The first-order chi connectivity index (χ1) is 25.9. The predicted octanol–water partition coefficient (Wildman–Crippen LogP) is 3.99. The van der Waals surface area contributed by atoms with Crippen molar-refractivity contribution >= 4 is 54.6 Å². The fraction of sp³-hybridized carbons (Fsp3) is 0.714. The van der Waals surface area contributed by atoms with E-state index >= 15 is 0 Å². The SMILES string of the molecule is CC(C)=O.CC(C)=O.CC1=NCNC1=O.COP(C)(C)=O.CO[P+](C)([O-])OC.CO[P+](C)([O-])OC[N+](C)(C)C.CO[P+]([O-])(OC)OC[N+](C)(C)C.Cc1ccccc1. The Morgan fingerprint density at radius 1 is 0.707 bits per heavy atom. The topological polar surface area (TPSA) is 236 Å². The van der Waals surface area contributed by atoms with E-state index in [1.807, 2.05) is 60.5 Å². The van der Waals surface area contributed by atoms with Crippen LogP contribution < -0.4 is 20.0 Å². The fourth-order valence-corrected chi connectivity index (χ4v) is 3.45. The minimum absolute atomic E-state index is 0.0417. The van der Waals surface area contributed by atoms with Gasteiger partial charge in [-0.2, -0.15) is 13.6 Å². The van der Waals surface area contributed by atoms with Crippen molar-refractivity contribution in [1.29, 1.82) is 0 Å². The van der Waals surface area contributed by atoms with Crippen molar-refractivity contribution in [3.05, 3.63) is 35.9 Å². The van der Waals surface area contributed by atoms with E-state index in [9.17, 15) is 33.6 Å². The Balaban J connectivity index is -0.000000137. The number of benzene rings is 1. The number of aliphatic imine (C=N–C) groups is 1. The molecular formula is C35H78N4O15P4+2. The normalized spacial score (nSPS) is 13.1. The van der Waals surface area contributed by atoms with Gasteiger partial charge in [0.2, 0.25) is 29.3 Å². The smallest absolute Gasteiger partial charge is 0.386 e. The second-order valence-electron chi connectivity index (χ2n) is 14.3. The van der Waals surface area contributed by atoms with E-state index in [2.05, 4.69) is 56.5 Å². The first kappa shape index (κ1) is 68.4. The first-order valence-corrected chi connectivity index (χ1v) is 25.2. The summed E-state index contributed by atoms with van der Waals surface area (Å²) in [5.74, 6) is 0.292. The summed E-state index contributed by atoms with van der Waals surface area (Å²) in [7, 11) is 8.84. The number of aryl methyl sites for hydroxylation is 1. The number of hydrogen-bond acceptors (Lipinski definition) is 16. The highest BCUT2D eigenvalue weighted by atomic mass is 31.2. The van der Waals surface area contributed by atoms with Gasteiger partial charge >= 0.3 is 8.17 Å². The summed E-state index contributed by atoms with van der Waals surface area (Å²) in [6, 6.07) is 10.3. The number of carbonyl (C=O) groups excluding carboxylic acids is 3. The number of nitrogens with zero attached hydrogens (tertiary/aromatic N) is 3. The minimum Gasteiger partial charge on any atom is -0.632 e. The van der Waals surface area contributed by atoms with Crippen LogP contribution in [0.4, 0.5) is 0 Å². The average molecular weight is 919 g/mol. The van der Waals surface area contributed by atoms with E-state index in [-0.39, 0.29) is 24.2 Å². The molecule has 0 aromatic heterocycles. The van der Waals surface area contributed by atoms with E-state index in [4.69, 9.17) is 9.05 Å². The van der Waals surface area contributed by atoms with Gasteiger partial charge in [-0.15, -0.1) is 4.52 Å². The van der Waals surface area contributed by atoms with E-state index in [1.165, 1.54) is 89.2 Å². The van der Waals surface area contributed by atoms with Gasteiger partial charge in [0.15, 0.2) is 7.37 Å². The highest BCUT2D eigenvalue weighted by Crippen LogP contribution is 2.52. The number of ketones is 2. The average Bonchev–Trinajstić information content (AvgIpc) is 3.48. The third-order valence-electron chi connectivity index (χ3n) is 4.99. The molecule has 1 N–H and O–H groups in total. The van der Waals surface area contributed by atoms with Crippen molar-refractivity contribution < 1.29 is 78.8 Å². The van der Waals surface area contributed by atoms with Gasteiger partial charge in [0.1, 0.15) is 18.2 Å². The number of rotatable bonds is 12. The Bertz CT molecular complexity index is 1240. The molecule has 0 spiro atoms. The van der Waals surface area contributed by atoms with Crippen LogP contribution in [0.25, 0.3) is 0 Å². The molecule has 58 heavy (non-hydrogen) atoms. The van der Waals surface area contributed by atoms with Gasteiger partial charge in [0.05, 0.1) is 96.9 Å². The maximum atomic E-state index is 11.3. The lowest BCUT2D eigenvalue weighted by Gasteiger charge is -2.27. The highest BCUT2D eigenvalue weighted by molar-refractivity contribution is 7.58. The molecule has 1 heterocycles. The molecule has 1 unspecified atom stereocenters. The summed E-state index contributed by atoms with van der Waals surface area (Å²) in [6.45, 7) is 17.0. The molecule has 1 aromatic carbocycles. The zero-order chi connectivity index (χ0) is 47.6. The van der Waals surface area contributed by atoms with E-state index in [1.54, 1.807) is 20.3 Å². The number of phosphoric ester groups is 1. The maximum absolute atomic E-state index is 11.3. The van der Waals surface area contributed by atoms with E-state index in [0.717, 1.165) is 0 Å². The predicted molar refractivity (Wildman–Crippen MR) is 232 cm³/mol. The van der Waals surface area contributed by atoms with Gasteiger partial charge in [0, 0.05) is 20.4 Å². The molecule has 0 bridgehead atoms. The van der Waals surface area contributed by atoms with Gasteiger partial charge in [0.25, 0.3) is 5.91 Å². The fourth-order valence-electron chi connectivity index (χ4n) is 1.79. The van der Waals surface area contributed by atoms with Crippen molar-refractivity contribution in [2.24, 2.45) is 4.99 Å². The number of hydrogen-bond donors (Lipinski definition) is 1. The third-order valence-corrected chi connectivity index (χ3v) is 9.77. The molecule has 1 aliphatic rings. The molecule has 0 saturated carbocycles.